The van der Waals surface area contributed by atoms with Gasteiger partial charge in [0.1, 0.15) is 11.4 Å². The first-order valence-corrected chi connectivity index (χ1v) is 16.5. The summed E-state index contributed by atoms with van der Waals surface area (Å²) in [6.07, 6.45) is 0. The van der Waals surface area contributed by atoms with Crippen molar-refractivity contribution in [1.29, 1.82) is 0 Å². The summed E-state index contributed by atoms with van der Waals surface area (Å²) in [6.45, 7) is 0. The van der Waals surface area contributed by atoms with Crippen molar-refractivity contribution in [3.63, 3.8) is 0 Å². The van der Waals surface area contributed by atoms with Crippen molar-refractivity contribution in [2.75, 3.05) is 0 Å². The van der Waals surface area contributed by atoms with Gasteiger partial charge in [-0.1, -0.05) is 170 Å². The molecule has 49 heavy (non-hydrogen) atoms. The highest BCUT2D eigenvalue weighted by Crippen LogP contribution is 2.47. The monoisotopic (exact) mass is 626 g/mol. The minimum atomic E-state index is 0.783. The SMILES string of the molecule is c1ccc(-c2ccccc2-c2ccc3c([nH]c4ccccc43)c2-c2ccccc2-c2nnnc(-c3ccccc3)c2-c2ccccc2)cc1. The van der Waals surface area contributed by atoms with E-state index in [1.54, 1.807) is 0 Å². The number of hydrogen-bond acceptors (Lipinski definition) is 3. The van der Waals surface area contributed by atoms with Crippen LogP contribution in [0.25, 0.3) is 88.8 Å². The van der Waals surface area contributed by atoms with Crippen LogP contribution in [-0.2, 0) is 0 Å². The molecule has 9 rings (SSSR count). The highest BCUT2D eigenvalue weighted by Gasteiger charge is 2.24. The third-order valence-corrected chi connectivity index (χ3v) is 9.31. The lowest BCUT2D eigenvalue weighted by molar-refractivity contribution is 0.879. The Morgan fingerprint density at radius 3 is 1.61 bits per heavy atom. The summed E-state index contributed by atoms with van der Waals surface area (Å²) in [6, 6.07) is 61.6. The Morgan fingerprint density at radius 2 is 0.878 bits per heavy atom. The van der Waals surface area contributed by atoms with Gasteiger partial charge in [-0.3, -0.25) is 0 Å². The lowest BCUT2D eigenvalue weighted by atomic mass is 9.85. The van der Waals surface area contributed by atoms with Crippen LogP contribution in [0.4, 0.5) is 0 Å². The van der Waals surface area contributed by atoms with E-state index in [1.165, 1.54) is 21.9 Å². The molecule has 9 aromatic rings. The molecular formula is C45H30N4. The maximum Gasteiger partial charge on any atom is 0.105 e. The smallest absolute Gasteiger partial charge is 0.105 e. The maximum absolute atomic E-state index is 4.82. The van der Waals surface area contributed by atoms with Gasteiger partial charge < -0.3 is 4.98 Å². The van der Waals surface area contributed by atoms with Crippen molar-refractivity contribution in [3.8, 4) is 67.0 Å². The van der Waals surface area contributed by atoms with Crippen LogP contribution in [0.5, 0.6) is 0 Å². The number of nitrogens with zero attached hydrogens (tertiary/aromatic N) is 3. The Hall–Kier alpha value is -6.65. The van der Waals surface area contributed by atoms with Crippen LogP contribution in [0.2, 0.25) is 0 Å². The number of rotatable bonds is 6. The van der Waals surface area contributed by atoms with Gasteiger partial charge >= 0.3 is 0 Å². The molecule has 4 nitrogen and oxygen atoms in total. The maximum atomic E-state index is 4.82. The Morgan fingerprint density at radius 1 is 0.327 bits per heavy atom. The predicted octanol–water partition coefficient (Wildman–Crippen LogP) is 11.5. The van der Waals surface area contributed by atoms with Gasteiger partial charge in [0.05, 0.1) is 5.52 Å². The second-order valence-electron chi connectivity index (χ2n) is 12.1. The van der Waals surface area contributed by atoms with E-state index >= 15 is 0 Å². The molecule has 2 heterocycles. The first-order valence-electron chi connectivity index (χ1n) is 16.5. The first kappa shape index (κ1) is 28.6. The highest BCUT2D eigenvalue weighted by atomic mass is 15.3. The van der Waals surface area contributed by atoms with Crippen molar-refractivity contribution in [3.05, 3.63) is 176 Å². The molecule has 0 spiro atoms. The minimum Gasteiger partial charge on any atom is -0.354 e. The fourth-order valence-electron chi connectivity index (χ4n) is 7.11. The van der Waals surface area contributed by atoms with E-state index in [2.05, 4.69) is 167 Å². The van der Waals surface area contributed by atoms with Gasteiger partial charge in [-0.15, -0.1) is 10.2 Å². The van der Waals surface area contributed by atoms with E-state index in [-0.39, 0.29) is 0 Å². The van der Waals surface area contributed by atoms with E-state index in [9.17, 15) is 0 Å². The lowest BCUT2D eigenvalue weighted by Gasteiger charge is -2.19. The zero-order valence-corrected chi connectivity index (χ0v) is 26.6. The molecule has 2 aromatic heterocycles. The van der Waals surface area contributed by atoms with E-state index in [4.69, 9.17) is 5.10 Å². The summed E-state index contributed by atoms with van der Waals surface area (Å²) in [4.78, 5) is 3.83. The number of nitrogens with one attached hydrogen (secondary N) is 1. The molecule has 0 radical (unpaired) electrons. The normalized spacial score (nSPS) is 11.3. The summed E-state index contributed by atoms with van der Waals surface area (Å²) in [7, 11) is 0. The number of para-hydroxylation sites is 1. The molecular weight excluding hydrogens is 597 g/mol. The number of fused-ring (bicyclic) bond motifs is 3. The number of aromatic amines is 1. The molecule has 0 amide bonds. The fourth-order valence-corrected chi connectivity index (χ4v) is 7.11. The zero-order chi connectivity index (χ0) is 32.6. The second-order valence-corrected chi connectivity index (χ2v) is 12.1. The van der Waals surface area contributed by atoms with E-state index in [1.807, 2.05) is 24.3 Å². The topological polar surface area (TPSA) is 54.5 Å². The quantitative estimate of drug-likeness (QED) is 0.200. The molecule has 0 aliphatic rings. The Balaban J connectivity index is 1.38. The van der Waals surface area contributed by atoms with Crippen molar-refractivity contribution in [2.45, 2.75) is 0 Å². The van der Waals surface area contributed by atoms with Gasteiger partial charge in [0.15, 0.2) is 0 Å². The Bertz CT molecular complexity index is 2590. The van der Waals surface area contributed by atoms with Crippen LogP contribution < -0.4 is 0 Å². The van der Waals surface area contributed by atoms with Gasteiger partial charge in [-0.05, 0) is 44.7 Å². The van der Waals surface area contributed by atoms with Gasteiger partial charge in [0.2, 0.25) is 0 Å². The molecule has 0 bridgehead atoms. The average Bonchev–Trinajstić information content (AvgIpc) is 3.57. The minimum absolute atomic E-state index is 0.783. The summed E-state index contributed by atoms with van der Waals surface area (Å²) in [5, 5.41) is 16.2. The molecule has 0 aliphatic carbocycles. The standard InChI is InChI=1S/C45H30N4/c1-4-16-30(17-5-1)33-22-10-11-23-34(33)37-28-29-39-35-24-14-15-27-40(35)46-44(39)42(37)36-25-12-13-26-38(36)45-41(31-18-6-2-7-19-31)43(47-49-48-45)32-20-8-3-9-21-32/h1-29,46H. The predicted molar refractivity (Wildman–Crippen MR) is 202 cm³/mol. The average molecular weight is 627 g/mol. The lowest BCUT2D eigenvalue weighted by Crippen LogP contribution is -2.01. The largest absolute Gasteiger partial charge is 0.354 e. The second kappa shape index (κ2) is 12.2. The van der Waals surface area contributed by atoms with Crippen LogP contribution in [0.15, 0.2) is 176 Å². The van der Waals surface area contributed by atoms with E-state index in [0.29, 0.717) is 0 Å². The number of hydrogen-bond donors (Lipinski definition) is 1. The summed E-state index contributed by atoms with van der Waals surface area (Å²) >= 11 is 0. The molecule has 0 aliphatic heterocycles. The van der Waals surface area contributed by atoms with Crippen LogP contribution in [0, 0.1) is 0 Å². The molecule has 0 saturated carbocycles. The van der Waals surface area contributed by atoms with Gasteiger partial charge in [0, 0.05) is 38.5 Å². The molecule has 0 atom stereocenters. The number of H-pyrrole nitrogens is 1. The molecule has 4 heteroatoms. The Labute approximate surface area is 284 Å². The first-order chi connectivity index (χ1) is 24.3. The summed E-state index contributed by atoms with van der Waals surface area (Å²) < 4.78 is 0. The zero-order valence-electron chi connectivity index (χ0n) is 26.6. The third-order valence-electron chi connectivity index (χ3n) is 9.31. The van der Waals surface area contributed by atoms with E-state index in [0.717, 1.165) is 66.9 Å². The van der Waals surface area contributed by atoms with Crippen molar-refractivity contribution < 1.29 is 0 Å². The highest BCUT2D eigenvalue weighted by molar-refractivity contribution is 6.16. The third kappa shape index (κ3) is 4.98. The van der Waals surface area contributed by atoms with Crippen LogP contribution >= 0.6 is 0 Å². The molecule has 0 fully saturated rings. The fraction of sp³-hybridized carbons (Fsp3) is 0. The Kier molecular flexibility index (Phi) is 7.10. The van der Waals surface area contributed by atoms with Crippen molar-refractivity contribution in [1.82, 2.24) is 20.4 Å². The van der Waals surface area contributed by atoms with E-state index < -0.39 is 0 Å². The number of aromatic nitrogens is 4. The molecule has 230 valence electrons. The van der Waals surface area contributed by atoms with Gasteiger partial charge in [0.25, 0.3) is 0 Å². The van der Waals surface area contributed by atoms with Crippen LogP contribution in [0.1, 0.15) is 0 Å². The molecule has 1 N–H and O–H groups in total. The van der Waals surface area contributed by atoms with Crippen LogP contribution in [0.3, 0.4) is 0 Å². The molecule has 7 aromatic carbocycles. The summed E-state index contributed by atoms with van der Waals surface area (Å²) in [5.74, 6) is 0. The van der Waals surface area contributed by atoms with Crippen LogP contribution in [-0.4, -0.2) is 20.4 Å². The molecule has 0 saturated heterocycles. The number of benzene rings is 7. The van der Waals surface area contributed by atoms with Crippen molar-refractivity contribution in [2.24, 2.45) is 0 Å². The van der Waals surface area contributed by atoms with Crippen molar-refractivity contribution >= 4 is 21.8 Å². The van der Waals surface area contributed by atoms with Gasteiger partial charge in [-0.25, -0.2) is 0 Å². The summed E-state index contributed by atoms with van der Waals surface area (Å²) in [5.41, 5.74) is 14.6. The molecule has 0 unspecified atom stereocenters. The van der Waals surface area contributed by atoms with Gasteiger partial charge in [-0.2, -0.15) is 0 Å².